The Kier molecular flexibility index (Phi) is 4.43. The summed E-state index contributed by atoms with van der Waals surface area (Å²) in [6.07, 6.45) is 1.85. The van der Waals surface area contributed by atoms with Crippen molar-refractivity contribution in [3.63, 3.8) is 0 Å². The maximum absolute atomic E-state index is 11.9. The summed E-state index contributed by atoms with van der Waals surface area (Å²) >= 11 is 0. The SMILES string of the molecule is CCC(NC1CCN(C)C1=O)c1ccc(OC)cc1. The zero-order valence-electron chi connectivity index (χ0n) is 11.8. The largest absolute Gasteiger partial charge is 0.497 e. The van der Waals surface area contributed by atoms with Crippen LogP contribution in [0.4, 0.5) is 0 Å². The average molecular weight is 262 g/mol. The van der Waals surface area contributed by atoms with Crippen molar-refractivity contribution in [1.82, 2.24) is 10.2 Å². The van der Waals surface area contributed by atoms with Crippen LogP contribution in [0, 0.1) is 0 Å². The molecule has 1 heterocycles. The molecular weight excluding hydrogens is 240 g/mol. The first kappa shape index (κ1) is 13.9. The number of hydrogen-bond acceptors (Lipinski definition) is 3. The van der Waals surface area contributed by atoms with Gasteiger partial charge in [0.05, 0.1) is 13.2 Å². The number of amides is 1. The van der Waals surface area contributed by atoms with Crippen LogP contribution in [0.2, 0.25) is 0 Å². The normalized spacial score (nSPS) is 20.7. The van der Waals surface area contributed by atoms with Gasteiger partial charge in [0.25, 0.3) is 0 Å². The van der Waals surface area contributed by atoms with E-state index >= 15 is 0 Å². The van der Waals surface area contributed by atoms with Crippen LogP contribution < -0.4 is 10.1 Å². The van der Waals surface area contributed by atoms with Crippen LogP contribution in [-0.4, -0.2) is 37.6 Å². The van der Waals surface area contributed by atoms with Crippen LogP contribution >= 0.6 is 0 Å². The lowest BCUT2D eigenvalue weighted by molar-refractivity contribution is -0.128. The molecule has 19 heavy (non-hydrogen) atoms. The molecule has 0 saturated carbocycles. The highest BCUT2D eigenvalue weighted by atomic mass is 16.5. The Balaban J connectivity index is 2.05. The molecule has 0 aromatic heterocycles. The molecule has 4 nitrogen and oxygen atoms in total. The highest BCUT2D eigenvalue weighted by molar-refractivity contribution is 5.83. The molecule has 0 radical (unpaired) electrons. The van der Waals surface area contributed by atoms with Crippen LogP contribution in [0.15, 0.2) is 24.3 Å². The number of likely N-dealkylation sites (N-methyl/N-ethyl adjacent to an activating group) is 1. The molecule has 1 amide bonds. The lowest BCUT2D eigenvalue weighted by Gasteiger charge is -2.21. The van der Waals surface area contributed by atoms with Gasteiger partial charge in [-0.2, -0.15) is 0 Å². The lowest BCUT2D eigenvalue weighted by atomic mass is 10.0. The van der Waals surface area contributed by atoms with Crippen molar-refractivity contribution in [2.75, 3.05) is 20.7 Å². The van der Waals surface area contributed by atoms with Gasteiger partial charge in [0.1, 0.15) is 5.75 Å². The number of nitrogens with zero attached hydrogens (tertiary/aromatic N) is 1. The van der Waals surface area contributed by atoms with E-state index in [1.165, 1.54) is 5.56 Å². The van der Waals surface area contributed by atoms with Crippen molar-refractivity contribution >= 4 is 5.91 Å². The zero-order valence-corrected chi connectivity index (χ0v) is 11.8. The van der Waals surface area contributed by atoms with Crippen molar-refractivity contribution in [1.29, 1.82) is 0 Å². The number of nitrogens with one attached hydrogen (secondary N) is 1. The van der Waals surface area contributed by atoms with Crippen molar-refractivity contribution in [2.24, 2.45) is 0 Å². The molecule has 104 valence electrons. The average Bonchev–Trinajstić information content (AvgIpc) is 2.76. The first-order valence-electron chi connectivity index (χ1n) is 6.80. The Morgan fingerprint density at radius 1 is 1.42 bits per heavy atom. The summed E-state index contributed by atoms with van der Waals surface area (Å²) in [5.41, 5.74) is 1.20. The van der Waals surface area contributed by atoms with Gasteiger partial charge in [-0.1, -0.05) is 19.1 Å². The molecule has 1 aromatic carbocycles. The van der Waals surface area contributed by atoms with Crippen molar-refractivity contribution in [3.8, 4) is 5.75 Å². The molecule has 1 aliphatic rings. The molecule has 2 atom stereocenters. The zero-order chi connectivity index (χ0) is 13.8. The Bertz CT molecular complexity index is 430. The van der Waals surface area contributed by atoms with Gasteiger partial charge in [-0.25, -0.2) is 0 Å². The Morgan fingerprint density at radius 2 is 2.11 bits per heavy atom. The predicted molar refractivity (Wildman–Crippen MR) is 75.2 cm³/mol. The number of ether oxygens (including phenoxy) is 1. The number of carbonyl (C=O) groups is 1. The van der Waals surface area contributed by atoms with Crippen LogP contribution in [0.5, 0.6) is 5.75 Å². The first-order chi connectivity index (χ1) is 9.15. The second-order valence-corrected chi connectivity index (χ2v) is 5.00. The van der Waals surface area contributed by atoms with E-state index in [-0.39, 0.29) is 18.0 Å². The maximum Gasteiger partial charge on any atom is 0.239 e. The molecule has 1 aliphatic heterocycles. The van der Waals surface area contributed by atoms with Crippen LogP contribution in [0.1, 0.15) is 31.4 Å². The van der Waals surface area contributed by atoms with Crippen molar-refractivity contribution < 1.29 is 9.53 Å². The number of rotatable bonds is 5. The molecule has 1 saturated heterocycles. The molecule has 2 rings (SSSR count). The van der Waals surface area contributed by atoms with Gasteiger partial charge in [-0.05, 0) is 30.5 Å². The summed E-state index contributed by atoms with van der Waals surface area (Å²) in [5.74, 6) is 1.06. The molecule has 1 N–H and O–H groups in total. The van der Waals surface area contributed by atoms with E-state index in [9.17, 15) is 4.79 Å². The van der Waals surface area contributed by atoms with Crippen LogP contribution in [0.25, 0.3) is 0 Å². The van der Waals surface area contributed by atoms with E-state index in [2.05, 4.69) is 24.4 Å². The summed E-state index contributed by atoms with van der Waals surface area (Å²) < 4.78 is 5.17. The minimum atomic E-state index is -0.0444. The van der Waals surface area contributed by atoms with E-state index in [4.69, 9.17) is 4.74 Å². The van der Waals surface area contributed by atoms with Crippen LogP contribution in [-0.2, 0) is 4.79 Å². The fourth-order valence-corrected chi connectivity index (χ4v) is 2.51. The number of hydrogen-bond donors (Lipinski definition) is 1. The molecule has 1 aromatic rings. The first-order valence-corrected chi connectivity index (χ1v) is 6.80. The molecule has 2 unspecified atom stereocenters. The topological polar surface area (TPSA) is 41.6 Å². The smallest absolute Gasteiger partial charge is 0.239 e. The summed E-state index contributed by atoms with van der Waals surface area (Å²) in [6.45, 7) is 2.97. The Morgan fingerprint density at radius 3 is 2.58 bits per heavy atom. The van der Waals surface area contributed by atoms with Gasteiger partial charge in [0.15, 0.2) is 0 Å². The third-order valence-electron chi connectivity index (χ3n) is 3.76. The minimum absolute atomic E-state index is 0.0444. The van der Waals surface area contributed by atoms with Gasteiger partial charge >= 0.3 is 0 Å². The molecule has 0 spiro atoms. The van der Waals surface area contributed by atoms with Gasteiger partial charge < -0.3 is 9.64 Å². The molecule has 0 aliphatic carbocycles. The monoisotopic (exact) mass is 262 g/mol. The maximum atomic E-state index is 11.9. The second-order valence-electron chi connectivity index (χ2n) is 5.00. The second kappa shape index (κ2) is 6.06. The number of likely N-dealkylation sites (tertiary alicyclic amines) is 1. The van der Waals surface area contributed by atoms with E-state index in [1.807, 2.05) is 19.2 Å². The molecule has 1 fully saturated rings. The van der Waals surface area contributed by atoms with Gasteiger partial charge in [-0.3, -0.25) is 10.1 Å². The van der Waals surface area contributed by atoms with Gasteiger partial charge in [0.2, 0.25) is 5.91 Å². The van der Waals surface area contributed by atoms with E-state index in [1.54, 1.807) is 12.0 Å². The van der Waals surface area contributed by atoms with E-state index in [0.29, 0.717) is 0 Å². The number of carbonyl (C=O) groups excluding carboxylic acids is 1. The summed E-state index contributed by atoms with van der Waals surface area (Å²) in [4.78, 5) is 13.7. The molecule has 4 heteroatoms. The summed E-state index contributed by atoms with van der Waals surface area (Å²) in [7, 11) is 3.52. The third kappa shape index (κ3) is 3.07. The number of methoxy groups -OCH3 is 1. The highest BCUT2D eigenvalue weighted by Gasteiger charge is 2.30. The van der Waals surface area contributed by atoms with Gasteiger partial charge in [0, 0.05) is 19.6 Å². The van der Waals surface area contributed by atoms with Gasteiger partial charge in [-0.15, -0.1) is 0 Å². The van der Waals surface area contributed by atoms with E-state index < -0.39 is 0 Å². The quantitative estimate of drug-likeness (QED) is 0.882. The third-order valence-corrected chi connectivity index (χ3v) is 3.76. The van der Waals surface area contributed by atoms with Crippen molar-refractivity contribution in [3.05, 3.63) is 29.8 Å². The predicted octanol–water partition coefficient (Wildman–Crippen LogP) is 1.97. The Labute approximate surface area is 114 Å². The fraction of sp³-hybridized carbons (Fsp3) is 0.533. The van der Waals surface area contributed by atoms with Crippen LogP contribution in [0.3, 0.4) is 0 Å². The minimum Gasteiger partial charge on any atom is -0.497 e. The summed E-state index contributed by atoms with van der Waals surface area (Å²) in [5, 5.41) is 3.47. The highest BCUT2D eigenvalue weighted by Crippen LogP contribution is 2.22. The summed E-state index contributed by atoms with van der Waals surface area (Å²) in [6, 6.07) is 8.21. The molecule has 0 bridgehead atoms. The number of benzene rings is 1. The standard InChI is InChI=1S/C15H22N2O2/c1-4-13(11-5-7-12(19-3)8-6-11)16-14-9-10-17(2)15(14)18/h5-8,13-14,16H,4,9-10H2,1-3H3. The Hall–Kier alpha value is -1.55. The lowest BCUT2D eigenvalue weighted by Crippen LogP contribution is -2.39. The van der Waals surface area contributed by atoms with Crippen molar-refractivity contribution in [2.45, 2.75) is 31.8 Å². The fourth-order valence-electron chi connectivity index (χ4n) is 2.51. The molecular formula is C15H22N2O2. The van der Waals surface area contributed by atoms with E-state index in [0.717, 1.165) is 25.1 Å².